The molecule has 0 atom stereocenters. The Morgan fingerprint density at radius 2 is 2.00 bits per heavy atom. The van der Waals surface area contributed by atoms with Crippen LogP contribution in [0, 0.1) is 0 Å². The van der Waals surface area contributed by atoms with Crippen LogP contribution in [0.3, 0.4) is 0 Å². The Bertz CT molecular complexity index is 606. The van der Waals surface area contributed by atoms with Crippen molar-refractivity contribution in [3.8, 4) is 0 Å². The second kappa shape index (κ2) is 7.20. The van der Waals surface area contributed by atoms with E-state index in [1.54, 1.807) is 6.07 Å². The molecular weight excluding hydrogens is 282 g/mol. The van der Waals surface area contributed by atoms with Gasteiger partial charge in [0, 0.05) is 25.7 Å². The van der Waals surface area contributed by atoms with Crippen LogP contribution in [0.5, 0.6) is 0 Å². The van der Waals surface area contributed by atoms with E-state index in [-0.39, 0.29) is 5.91 Å². The summed E-state index contributed by atoms with van der Waals surface area (Å²) in [5.41, 5.74) is 1.37. The number of amides is 1. The molecule has 0 saturated carbocycles. The summed E-state index contributed by atoms with van der Waals surface area (Å²) in [6.07, 6.45) is 0. The maximum Gasteiger partial charge on any atom is 0.273 e. The molecule has 0 aliphatic carbocycles. The lowest BCUT2D eigenvalue weighted by Crippen LogP contribution is -2.35. The molecule has 1 amide bonds. The van der Waals surface area contributed by atoms with Gasteiger partial charge in [-0.3, -0.25) is 9.69 Å². The van der Waals surface area contributed by atoms with Gasteiger partial charge in [0.15, 0.2) is 11.5 Å². The van der Waals surface area contributed by atoms with Crippen molar-refractivity contribution in [1.29, 1.82) is 0 Å². The Hall–Kier alpha value is -2.18. The summed E-state index contributed by atoms with van der Waals surface area (Å²) in [6, 6.07) is 11.5. The highest BCUT2D eigenvalue weighted by Gasteiger charge is 2.16. The molecule has 0 unspecified atom stereocenters. The molecule has 0 bridgehead atoms. The highest BCUT2D eigenvalue weighted by molar-refractivity contribution is 5.92. The molecular formula is C16H19N3O3. The molecule has 1 aromatic carbocycles. The van der Waals surface area contributed by atoms with Crippen molar-refractivity contribution < 1.29 is 14.1 Å². The maximum atomic E-state index is 12.1. The molecule has 1 saturated heterocycles. The topological polar surface area (TPSA) is 67.6 Å². The van der Waals surface area contributed by atoms with E-state index in [9.17, 15) is 4.79 Å². The summed E-state index contributed by atoms with van der Waals surface area (Å²) in [4.78, 5) is 14.3. The van der Waals surface area contributed by atoms with E-state index >= 15 is 0 Å². The van der Waals surface area contributed by atoms with Crippen molar-refractivity contribution in [3.63, 3.8) is 0 Å². The molecule has 1 fully saturated rings. The Morgan fingerprint density at radius 3 is 2.77 bits per heavy atom. The first-order chi connectivity index (χ1) is 10.8. The number of carbonyl (C=O) groups is 1. The minimum Gasteiger partial charge on any atom is -0.379 e. The monoisotopic (exact) mass is 301 g/mol. The molecule has 1 aliphatic rings. The maximum absolute atomic E-state index is 12.1. The largest absolute Gasteiger partial charge is 0.379 e. The fraction of sp³-hybridized carbons (Fsp3) is 0.375. The molecule has 2 heterocycles. The lowest BCUT2D eigenvalue weighted by molar-refractivity contribution is 0.0305. The number of aromatic nitrogens is 1. The zero-order valence-electron chi connectivity index (χ0n) is 12.3. The first-order valence-electron chi connectivity index (χ1n) is 7.39. The lowest BCUT2D eigenvalue weighted by Gasteiger charge is -2.25. The fourth-order valence-electron chi connectivity index (χ4n) is 2.34. The molecule has 1 aliphatic heterocycles. The fourth-order valence-corrected chi connectivity index (χ4v) is 2.34. The van der Waals surface area contributed by atoms with Gasteiger partial charge < -0.3 is 14.6 Å². The molecule has 1 N–H and O–H groups in total. The van der Waals surface area contributed by atoms with Crippen LogP contribution in [0.4, 0.5) is 0 Å². The molecule has 3 rings (SSSR count). The second-order valence-electron chi connectivity index (χ2n) is 5.24. The second-order valence-corrected chi connectivity index (χ2v) is 5.24. The third kappa shape index (κ3) is 3.93. The van der Waals surface area contributed by atoms with Crippen molar-refractivity contribution in [2.75, 3.05) is 26.3 Å². The number of carbonyl (C=O) groups excluding carboxylic acids is 1. The van der Waals surface area contributed by atoms with Crippen molar-refractivity contribution in [2.45, 2.75) is 13.1 Å². The molecule has 116 valence electrons. The number of hydrogen-bond donors (Lipinski definition) is 1. The third-order valence-corrected chi connectivity index (χ3v) is 3.57. The molecule has 2 aromatic rings. The summed E-state index contributed by atoms with van der Waals surface area (Å²) in [5.74, 6) is 0.479. The van der Waals surface area contributed by atoms with Crippen LogP contribution in [0.2, 0.25) is 0 Å². The van der Waals surface area contributed by atoms with E-state index in [0.29, 0.717) is 24.5 Å². The molecule has 0 spiro atoms. The molecule has 1 aromatic heterocycles. The lowest BCUT2D eigenvalue weighted by atomic mass is 10.2. The first kappa shape index (κ1) is 14.7. The van der Waals surface area contributed by atoms with Crippen LogP contribution in [-0.2, 0) is 17.8 Å². The van der Waals surface area contributed by atoms with Crippen LogP contribution in [-0.4, -0.2) is 42.3 Å². The van der Waals surface area contributed by atoms with Crippen molar-refractivity contribution >= 4 is 5.91 Å². The van der Waals surface area contributed by atoms with E-state index in [4.69, 9.17) is 9.26 Å². The normalized spacial score (nSPS) is 15.6. The molecule has 6 nitrogen and oxygen atoms in total. The van der Waals surface area contributed by atoms with Gasteiger partial charge in [0.25, 0.3) is 5.91 Å². The molecule has 6 heteroatoms. The Morgan fingerprint density at radius 1 is 1.23 bits per heavy atom. The van der Waals surface area contributed by atoms with Crippen LogP contribution < -0.4 is 5.32 Å². The van der Waals surface area contributed by atoms with Crippen LogP contribution in [0.25, 0.3) is 0 Å². The van der Waals surface area contributed by atoms with Gasteiger partial charge in [-0.1, -0.05) is 35.5 Å². The SMILES string of the molecule is O=C(NCc1ccccc1)c1cc(CN2CCOCC2)on1. The zero-order chi connectivity index (χ0) is 15.2. The van der Waals surface area contributed by atoms with Crippen LogP contribution in [0.1, 0.15) is 21.8 Å². The highest BCUT2D eigenvalue weighted by atomic mass is 16.5. The van der Waals surface area contributed by atoms with E-state index in [1.165, 1.54) is 0 Å². The summed E-state index contributed by atoms with van der Waals surface area (Å²) in [6.45, 7) is 4.34. The quantitative estimate of drug-likeness (QED) is 0.905. The smallest absolute Gasteiger partial charge is 0.273 e. The number of ether oxygens (including phenoxy) is 1. The number of benzene rings is 1. The van der Waals surface area contributed by atoms with Crippen LogP contribution in [0.15, 0.2) is 40.9 Å². The number of hydrogen-bond acceptors (Lipinski definition) is 5. The zero-order valence-corrected chi connectivity index (χ0v) is 12.3. The summed E-state index contributed by atoms with van der Waals surface area (Å²) >= 11 is 0. The van der Waals surface area contributed by atoms with Gasteiger partial charge in [0.2, 0.25) is 0 Å². The predicted molar refractivity (Wildman–Crippen MR) is 80.2 cm³/mol. The standard InChI is InChI=1S/C16H19N3O3/c20-16(17-11-13-4-2-1-3-5-13)15-10-14(22-18-15)12-19-6-8-21-9-7-19/h1-5,10H,6-9,11-12H2,(H,17,20). The highest BCUT2D eigenvalue weighted by Crippen LogP contribution is 2.09. The van der Waals surface area contributed by atoms with Crippen molar-refractivity contribution in [3.05, 3.63) is 53.4 Å². The minimum atomic E-state index is -0.221. The van der Waals surface area contributed by atoms with E-state index in [0.717, 1.165) is 31.9 Å². The number of rotatable bonds is 5. The Kier molecular flexibility index (Phi) is 4.82. The van der Waals surface area contributed by atoms with Gasteiger partial charge in [0.1, 0.15) is 0 Å². The van der Waals surface area contributed by atoms with Gasteiger partial charge in [0.05, 0.1) is 19.8 Å². The summed E-state index contributed by atoms with van der Waals surface area (Å²) in [5, 5.41) is 6.69. The predicted octanol–water partition coefficient (Wildman–Crippen LogP) is 1.44. The first-order valence-corrected chi connectivity index (χ1v) is 7.39. The van der Waals surface area contributed by atoms with Crippen molar-refractivity contribution in [2.24, 2.45) is 0 Å². The number of nitrogens with zero attached hydrogens (tertiary/aromatic N) is 2. The average Bonchev–Trinajstić information content (AvgIpc) is 3.03. The third-order valence-electron chi connectivity index (χ3n) is 3.57. The molecule has 0 radical (unpaired) electrons. The van der Waals surface area contributed by atoms with Gasteiger partial charge in [-0.2, -0.15) is 0 Å². The van der Waals surface area contributed by atoms with Gasteiger partial charge in [-0.25, -0.2) is 0 Å². The average molecular weight is 301 g/mol. The van der Waals surface area contributed by atoms with Gasteiger partial charge in [-0.05, 0) is 5.56 Å². The molecule has 22 heavy (non-hydrogen) atoms. The summed E-state index contributed by atoms with van der Waals surface area (Å²) in [7, 11) is 0. The van der Waals surface area contributed by atoms with E-state index < -0.39 is 0 Å². The van der Waals surface area contributed by atoms with Gasteiger partial charge in [-0.15, -0.1) is 0 Å². The summed E-state index contributed by atoms with van der Waals surface area (Å²) < 4.78 is 10.6. The van der Waals surface area contributed by atoms with E-state index in [2.05, 4.69) is 15.4 Å². The van der Waals surface area contributed by atoms with E-state index in [1.807, 2.05) is 30.3 Å². The number of nitrogens with one attached hydrogen (secondary N) is 1. The minimum absolute atomic E-state index is 0.221. The number of morpholine rings is 1. The Labute approximate surface area is 129 Å². The van der Waals surface area contributed by atoms with Crippen LogP contribution >= 0.6 is 0 Å². The van der Waals surface area contributed by atoms with Gasteiger partial charge >= 0.3 is 0 Å². The Balaban J connectivity index is 1.52. The van der Waals surface area contributed by atoms with Crippen molar-refractivity contribution in [1.82, 2.24) is 15.4 Å².